The summed E-state index contributed by atoms with van der Waals surface area (Å²) in [5.74, 6) is -2.57. The lowest BCUT2D eigenvalue weighted by atomic mass is 9.93. The summed E-state index contributed by atoms with van der Waals surface area (Å²) in [6.45, 7) is 3.85. The zero-order valence-corrected chi connectivity index (χ0v) is 14.1. The number of carbonyl (C=O) groups excluding carboxylic acids is 2. The van der Waals surface area contributed by atoms with Gasteiger partial charge < -0.3 is 14.6 Å². The second-order valence-corrected chi connectivity index (χ2v) is 5.87. The molecule has 0 saturated heterocycles. The van der Waals surface area contributed by atoms with E-state index < -0.39 is 23.8 Å². The summed E-state index contributed by atoms with van der Waals surface area (Å²) in [6.07, 6.45) is 0.144. The Kier molecular flexibility index (Phi) is 8.54. The predicted molar refractivity (Wildman–Crippen MR) is 87.0 cm³/mol. The summed E-state index contributed by atoms with van der Waals surface area (Å²) in [5.41, 5.74) is 0.878. The molecule has 1 aromatic rings. The summed E-state index contributed by atoms with van der Waals surface area (Å²) in [4.78, 5) is 34.4. The lowest BCUT2D eigenvalue weighted by Crippen LogP contribution is -2.26. The topological polar surface area (TPSA) is 89.9 Å². The van der Waals surface area contributed by atoms with Crippen LogP contribution in [0.4, 0.5) is 0 Å². The Hall–Kier alpha value is -2.37. The van der Waals surface area contributed by atoms with Crippen molar-refractivity contribution in [3.63, 3.8) is 0 Å². The normalized spacial score (nSPS) is 11.8. The molecule has 0 bridgehead atoms. The summed E-state index contributed by atoms with van der Waals surface area (Å²) in [7, 11) is 0. The van der Waals surface area contributed by atoms with E-state index in [1.54, 1.807) is 0 Å². The van der Waals surface area contributed by atoms with Gasteiger partial charge in [-0.1, -0.05) is 44.2 Å². The molecular formula is C18H24O6. The summed E-state index contributed by atoms with van der Waals surface area (Å²) < 4.78 is 10.3. The molecule has 0 aliphatic carbocycles. The SMILES string of the molecule is CC(C)[C@H](CC(=O)OCc1ccccc1)C(=O)OCCCC(=O)O. The smallest absolute Gasteiger partial charge is 0.309 e. The Balaban J connectivity index is 2.42. The Bertz CT molecular complexity index is 538. The van der Waals surface area contributed by atoms with Crippen molar-refractivity contribution in [2.75, 3.05) is 6.61 Å². The van der Waals surface area contributed by atoms with Gasteiger partial charge in [0.25, 0.3) is 0 Å². The first kappa shape index (κ1) is 19.7. The highest BCUT2D eigenvalue weighted by molar-refractivity contribution is 5.80. The molecule has 0 saturated carbocycles. The van der Waals surface area contributed by atoms with E-state index in [0.29, 0.717) is 0 Å². The van der Waals surface area contributed by atoms with E-state index in [1.165, 1.54) is 0 Å². The molecule has 0 fully saturated rings. The minimum Gasteiger partial charge on any atom is -0.481 e. The van der Waals surface area contributed by atoms with Gasteiger partial charge in [0.15, 0.2) is 0 Å². The van der Waals surface area contributed by atoms with Gasteiger partial charge in [0, 0.05) is 6.42 Å². The van der Waals surface area contributed by atoms with Crippen LogP contribution in [0.5, 0.6) is 0 Å². The second kappa shape index (κ2) is 10.4. The first-order valence-corrected chi connectivity index (χ1v) is 7.98. The van der Waals surface area contributed by atoms with Gasteiger partial charge in [-0.2, -0.15) is 0 Å². The third-order valence-electron chi connectivity index (χ3n) is 3.52. The van der Waals surface area contributed by atoms with Crippen LogP contribution >= 0.6 is 0 Å². The highest BCUT2D eigenvalue weighted by atomic mass is 16.5. The molecule has 24 heavy (non-hydrogen) atoms. The van der Waals surface area contributed by atoms with Crippen molar-refractivity contribution >= 4 is 17.9 Å². The monoisotopic (exact) mass is 336 g/mol. The van der Waals surface area contributed by atoms with Crippen molar-refractivity contribution in [1.82, 2.24) is 0 Å². The molecule has 0 aliphatic heterocycles. The first-order chi connectivity index (χ1) is 11.4. The van der Waals surface area contributed by atoms with Crippen molar-refractivity contribution in [3.8, 4) is 0 Å². The molecular weight excluding hydrogens is 312 g/mol. The summed E-state index contributed by atoms with van der Waals surface area (Å²) in [6, 6.07) is 9.29. The van der Waals surface area contributed by atoms with E-state index in [1.807, 2.05) is 44.2 Å². The molecule has 6 heteroatoms. The van der Waals surface area contributed by atoms with Crippen LogP contribution in [-0.2, 0) is 30.5 Å². The average Bonchev–Trinajstić information content (AvgIpc) is 2.55. The molecule has 1 rings (SSSR count). The second-order valence-electron chi connectivity index (χ2n) is 5.87. The maximum atomic E-state index is 12.1. The van der Waals surface area contributed by atoms with E-state index in [0.717, 1.165) is 5.56 Å². The number of aliphatic carboxylic acids is 1. The maximum Gasteiger partial charge on any atom is 0.309 e. The number of carboxylic acid groups (broad SMARTS) is 1. The van der Waals surface area contributed by atoms with E-state index in [2.05, 4.69) is 0 Å². The van der Waals surface area contributed by atoms with E-state index in [4.69, 9.17) is 14.6 Å². The molecule has 1 atom stereocenters. The molecule has 0 spiro atoms. The molecule has 0 aliphatic rings. The van der Waals surface area contributed by atoms with Crippen molar-refractivity contribution < 1.29 is 29.0 Å². The van der Waals surface area contributed by atoms with Gasteiger partial charge in [0.2, 0.25) is 0 Å². The maximum absolute atomic E-state index is 12.1. The quantitative estimate of drug-likeness (QED) is 0.522. The number of carbonyl (C=O) groups is 3. The van der Waals surface area contributed by atoms with Gasteiger partial charge in [0.05, 0.1) is 18.9 Å². The third kappa shape index (κ3) is 7.76. The minimum atomic E-state index is -0.934. The zero-order chi connectivity index (χ0) is 17.9. The Morgan fingerprint density at radius 2 is 1.75 bits per heavy atom. The Morgan fingerprint density at radius 3 is 2.33 bits per heavy atom. The van der Waals surface area contributed by atoms with Crippen molar-refractivity contribution in [3.05, 3.63) is 35.9 Å². The molecule has 0 amide bonds. The summed E-state index contributed by atoms with van der Waals surface area (Å²) in [5, 5.41) is 8.55. The van der Waals surface area contributed by atoms with Crippen LogP contribution in [0.15, 0.2) is 30.3 Å². The summed E-state index contributed by atoms with van der Waals surface area (Å²) >= 11 is 0. The van der Waals surface area contributed by atoms with Crippen molar-refractivity contribution in [2.24, 2.45) is 11.8 Å². The van der Waals surface area contributed by atoms with Crippen LogP contribution in [0, 0.1) is 11.8 Å². The number of rotatable bonds is 10. The van der Waals surface area contributed by atoms with Crippen LogP contribution in [-0.4, -0.2) is 29.6 Å². The van der Waals surface area contributed by atoms with Crippen LogP contribution < -0.4 is 0 Å². The number of benzene rings is 1. The van der Waals surface area contributed by atoms with Gasteiger partial charge in [-0.05, 0) is 17.9 Å². The fourth-order valence-corrected chi connectivity index (χ4v) is 2.07. The fourth-order valence-electron chi connectivity index (χ4n) is 2.07. The van der Waals surface area contributed by atoms with E-state index in [-0.39, 0.29) is 38.4 Å². The molecule has 1 N–H and O–H groups in total. The van der Waals surface area contributed by atoms with Gasteiger partial charge in [-0.25, -0.2) is 0 Å². The third-order valence-corrected chi connectivity index (χ3v) is 3.52. The highest BCUT2D eigenvalue weighted by Gasteiger charge is 2.27. The first-order valence-electron chi connectivity index (χ1n) is 7.98. The number of esters is 2. The zero-order valence-electron chi connectivity index (χ0n) is 14.1. The molecule has 0 unspecified atom stereocenters. The molecule has 132 valence electrons. The number of carboxylic acids is 1. The van der Waals surface area contributed by atoms with Crippen LogP contribution in [0.25, 0.3) is 0 Å². The van der Waals surface area contributed by atoms with Crippen LogP contribution in [0.3, 0.4) is 0 Å². The molecule has 1 aromatic carbocycles. The molecule has 0 heterocycles. The van der Waals surface area contributed by atoms with Crippen molar-refractivity contribution in [1.29, 1.82) is 0 Å². The molecule has 0 radical (unpaired) electrons. The van der Waals surface area contributed by atoms with Gasteiger partial charge in [-0.3, -0.25) is 14.4 Å². The van der Waals surface area contributed by atoms with Crippen LogP contribution in [0.2, 0.25) is 0 Å². The molecule has 6 nitrogen and oxygen atoms in total. The van der Waals surface area contributed by atoms with Gasteiger partial charge >= 0.3 is 17.9 Å². The number of hydrogen-bond donors (Lipinski definition) is 1. The number of hydrogen-bond acceptors (Lipinski definition) is 5. The largest absolute Gasteiger partial charge is 0.481 e. The van der Waals surface area contributed by atoms with Gasteiger partial charge in [-0.15, -0.1) is 0 Å². The molecule has 0 aromatic heterocycles. The Labute approximate surface area is 141 Å². The highest BCUT2D eigenvalue weighted by Crippen LogP contribution is 2.18. The Morgan fingerprint density at radius 1 is 1.08 bits per heavy atom. The lowest BCUT2D eigenvalue weighted by Gasteiger charge is -2.18. The van der Waals surface area contributed by atoms with Gasteiger partial charge in [0.1, 0.15) is 6.61 Å². The van der Waals surface area contributed by atoms with Crippen LogP contribution in [0.1, 0.15) is 38.7 Å². The minimum absolute atomic E-state index is 0.0351. The van der Waals surface area contributed by atoms with E-state index >= 15 is 0 Å². The van der Waals surface area contributed by atoms with E-state index in [9.17, 15) is 14.4 Å². The van der Waals surface area contributed by atoms with Crippen molar-refractivity contribution in [2.45, 2.75) is 39.7 Å². The number of ether oxygens (including phenoxy) is 2. The standard InChI is InChI=1S/C18H24O6/c1-13(2)15(18(22)23-10-6-9-16(19)20)11-17(21)24-12-14-7-4-3-5-8-14/h3-5,7-8,13,15H,6,9-12H2,1-2H3,(H,19,20)/t15-/m0/s1. The average molecular weight is 336 g/mol. The predicted octanol–water partition coefficient (Wildman–Crippen LogP) is 2.80. The fraction of sp³-hybridized carbons (Fsp3) is 0.500. The lowest BCUT2D eigenvalue weighted by molar-refractivity contribution is -0.157.